The number of hydrogen-bond acceptors (Lipinski definition) is 5. The van der Waals surface area contributed by atoms with E-state index >= 15 is 0 Å². The molecule has 0 aliphatic carbocycles. The molecule has 29 heavy (non-hydrogen) atoms. The number of aromatic amines is 1. The molecule has 0 saturated carbocycles. The minimum absolute atomic E-state index is 0.0280. The lowest BCUT2D eigenvalue weighted by atomic mass is 9.90. The van der Waals surface area contributed by atoms with E-state index in [0.29, 0.717) is 41.8 Å². The molecule has 1 aliphatic heterocycles. The van der Waals surface area contributed by atoms with Crippen LogP contribution in [0, 0.1) is 0 Å². The van der Waals surface area contributed by atoms with Gasteiger partial charge in [-0.25, -0.2) is 0 Å². The molecule has 1 amide bonds. The Morgan fingerprint density at radius 3 is 2.41 bits per heavy atom. The molecule has 0 atom stereocenters. The standard InChI is InChI=1S/C22H25N3O4/c1-27-18-11-15(12-19(28-2)21(18)29-3)22(26)25-9-6-14(7-10-25)16-13-24-17-5-4-8-23-20(16)17/h4-5,8,11-14,24H,6-7,9-10H2,1-3H3. The van der Waals surface area contributed by atoms with Crippen molar-refractivity contribution in [1.29, 1.82) is 0 Å². The van der Waals surface area contributed by atoms with Crippen molar-refractivity contribution in [1.82, 2.24) is 14.9 Å². The van der Waals surface area contributed by atoms with E-state index in [1.54, 1.807) is 33.5 Å². The summed E-state index contributed by atoms with van der Waals surface area (Å²) in [5.41, 5.74) is 3.85. The third-order valence-corrected chi connectivity index (χ3v) is 5.60. The molecule has 3 aromatic rings. The van der Waals surface area contributed by atoms with E-state index in [2.05, 4.69) is 16.2 Å². The number of carbonyl (C=O) groups is 1. The van der Waals surface area contributed by atoms with Gasteiger partial charge in [0.15, 0.2) is 11.5 Å². The van der Waals surface area contributed by atoms with Crippen LogP contribution in [0.25, 0.3) is 11.0 Å². The fourth-order valence-corrected chi connectivity index (χ4v) is 4.07. The smallest absolute Gasteiger partial charge is 0.254 e. The molecule has 1 aliphatic rings. The minimum Gasteiger partial charge on any atom is -0.493 e. The number of nitrogens with zero attached hydrogens (tertiary/aromatic N) is 2. The van der Waals surface area contributed by atoms with Crippen molar-refractivity contribution in [2.24, 2.45) is 0 Å². The highest BCUT2D eigenvalue weighted by atomic mass is 16.5. The first-order valence-corrected chi connectivity index (χ1v) is 9.67. The fourth-order valence-electron chi connectivity index (χ4n) is 4.07. The number of hydrogen-bond donors (Lipinski definition) is 1. The Hall–Kier alpha value is -3.22. The zero-order valence-corrected chi connectivity index (χ0v) is 16.9. The molecule has 2 aromatic heterocycles. The van der Waals surface area contributed by atoms with Gasteiger partial charge in [-0.05, 0) is 48.6 Å². The zero-order valence-electron chi connectivity index (χ0n) is 16.9. The lowest BCUT2D eigenvalue weighted by Crippen LogP contribution is -2.37. The third kappa shape index (κ3) is 3.48. The van der Waals surface area contributed by atoms with Crippen LogP contribution in [0.5, 0.6) is 17.2 Å². The van der Waals surface area contributed by atoms with E-state index in [4.69, 9.17) is 14.2 Å². The van der Waals surface area contributed by atoms with Gasteiger partial charge in [-0.15, -0.1) is 0 Å². The van der Waals surface area contributed by atoms with Gasteiger partial charge in [0.05, 0.1) is 32.4 Å². The van der Waals surface area contributed by atoms with Gasteiger partial charge in [0, 0.05) is 31.0 Å². The second kappa shape index (κ2) is 8.03. The summed E-state index contributed by atoms with van der Waals surface area (Å²) in [7, 11) is 4.64. The van der Waals surface area contributed by atoms with E-state index in [-0.39, 0.29) is 5.91 Å². The summed E-state index contributed by atoms with van der Waals surface area (Å²) in [4.78, 5) is 22.8. The van der Waals surface area contributed by atoms with Gasteiger partial charge >= 0.3 is 0 Å². The van der Waals surface area contributed by atoms with Gasteiger partial charge < -0.3 is 24.1 Å². The number of carbonyl (C=O) groups excluding carboxylic acids is 1. The Balaban J connectivity index is 1.51. The number of benzene rings is 1. The van der Waals surface area contributed by atoms with Crippen molar-refractivity contribution >= 4 is 16.9 Å². The van der Waals surface area contributed by atoms with Crippen molar-refractivity contribution in [2.45, 2.75) is 18.8 Å². The Bertz CT molecular complexity index is 997. The molecule has 7 heteroatoms. The first kappa shape index (κ1) is 19.1. The maximum Gasteiger partial charge on any atom is 0.254 e. The summed E-state index contributed by atoms with van der Waals surface area (Å²) in [6.07, 6.45) is 5.68. The maximum absolute atomic E-state index is 13.1. The van der Waals surface area contributed by atoms with Gasteiger partial charge in [-0.3, -0.25) is 9.78 Å². The Kier molecular flexibility index (Phi) is 5.29. The molecular weight excluding hydrogens is 370 g/mol. The van der Waals surface area contributed by atoms with Crippen LogP contribution >= 0.6 is 0 Å². The van der Waals surface area contributed by atoms with Crippen molar-refractivity contribution in [2.75, 3.05) is 34.4 Å². The number of fused-ring (bicyclic) bond motifs is 1. The number of methoxy groups -OCH3 is 3. The van der Waals surface area contributed by atoms with Gasteiger partial charge in [0.2, 0.25) is 5.75 Å². The topological polar surface area (TPSA) is 76.7 Å². The Labute approximate surface area is 169 Å². The molecule has 7 nitrogen and oxygen atoms in total. The average molecular weight is 395 g/mol. The Morgan fingerprint density at radius 2 is 1.79 bits per heavy atom. The van der Waals surface area contributed by atoms with E-state index in [9.17, 15) is 4.79 Å². The first-order valence-electron chi connectivity index (χ1n) is 9.67. The molecule has 0 bridgehead atoms. The van der Waals surface area contributed by atoms with Gasteiger partial charge in [-0.1, -0.05) is 0 Å². The average Bonchev–Trinajstić information content (AvgIpc) is 3.21. The summed E-state index contributed by atoms with van der Waals surface area (Å²) in [6.45, 7) is 1.39. The van der Waals surface area contributed by atoms with Crippen LogP contribution in [-0.4, -0.2) is 55.2 Å². The lowest BCUT2D eigenvalue weighted by Gasteiger charge is -2.32. The summed E-state index contributed by atoms with van der Waals surface area (Å²) >= 11 is 0. The third-order valence-electron chi connectivity index (χ3n) is 5.60. The van der Waals surface area contributed by atoms with Crippen molar-refractivity contribution < 1.29 is 19.0 Å². The quantitative estimate of drug-likeness (QED) is 0.714. The second-order valence-electron chi connectivity index (χ2n) is 7.12. The van der Waals surface area contributed by atoms with Crippen LogP contribution in [0.4, 0.5) is 0 Å². The van der Waals surface area contributed by atoms with Crippen LogP contribution in [0.2, 0.25) is 0 Å². The van der Waals surface area contributed by atoms with Crippen molar-refractivity contribution in [3.8, 4) is 17.2 Å². The zero-order chi connectivity index (χ0) is 20.4. The Morgan fingerprint density at radius 1 is 1.10 bits per heavy atom. The molecule has 3 heterocycles. The highest BCUT2D eigenvalue weighted by molar-refractivity contribution is 5.95. The second-order valence-corrected chi connectivity index (χ2v) is 7.12. The van der Waals surface area contributed by atoms with Crippen LogP contribution in [0.1, 0.15) is 34.7 Å². The summed E-state index contributed by atoms with van der Waals surface area (Å²) < 4.78 is 16.1. The van der Waals surface area contributed by atoms with Gasteiger partial charge in [0.25, 0.3) is 5.91 Å². The van der Waals surface area contributed by atoms with E-state index in [1.165, 1.54) is 5.56 Å². The highest BCUT2D eigenvalue weighted by Gasteiger charge is 2.27. The lowest BCUT2D eigenvalue weighted by molar-refractivity contribution is 0.0712. The van der Waals surface area contributed by atoms with Crippen molar-refractivity contribution in [3.05, 3.63) is 47.8 Å². The molecule has 1 saturated heterocycles. The van der Waals surface area contributed by atoms with E-state index < -0.39 is 0 Å². The highest BCUT2D eigenvalue weighted by Crippen LogP contribution is 2.39. The number of piperidine rings is 1. The van der Waals surface area contributed by atoms with Crippen LogP contribution in [0.3, 0.4) is 0 Å². The molecule has 0 radical (unpaired) electrons. The van der Waals surface area contributed by atoms with Crippen LogP contribution in [0.15, 0.2) is 36.7 Å². The number of amides is 1. The molecule has 0 spiro atoms. The molecular formula is C22H25N3O4. The molecule has 1 fully saturated rings. The molecule has 0 unspecified atom stereocenters. The molecule has 152 valence electrons. The van der Waals surface area contributed by atoms with Crippen LogP contribution < -0.4 is 14.2 Å². The summed E-state index contributed by atoms with van der Waals surface area (Å²) in [5, 5.41) is 0. The van der Waals surface area contributed by atoms with E-state index in [0.717, 1.165) is 23.9 Å². The molecule has 1 aromatic carbocycles. The van der Waals surface area contributed by atoms with E-state index in [1.807, 2.05) is 23.2 Å². The number of likely N-dealkylation sites (tertiary alicyclic amines) is 1. The molecule has 1 N–H and O–H groups in total. The normalized spacial score (nSPS) is 14.8. The number of ether oxygens (including phenoxy) is 3. The number of pyridine rings is 1. The minimum atomic E-state index is -0.0280. The predicted octanol–water partition coefficient (Wildman–Crippen LogP) is 3.61. The first-order chi connectivity index (χ1) is 14.2. The van der Waals surface area contributed by atoms with Crippen molar-refractivity contribution in [3.63, 3.8) is 0 Å². The summed E-state index contributed by atoms with van der Waals surface area (Å²) in [6, 6.07) is 7.38. The number of rotatable bonds is 5. The number of nitrogens with one attached hydrogen (secondary N) is 1. The SMILES string of the molecule is COc1cc(C(=O)N2CCC(c3c[nH]c4cccnc34)CC2)cc(OC)c1OC. The maximum atomic E-state index is 13.1. The monoisotopic (exact) mass is 395 g/mol. The fraction of sp³-hybridized carbons (Fsp3) is 0.364. The predicted molar refractivity (Wildman–Crippen MR) is 110 cm³/mol. The molecule has 4 rings (SSSR count). The number of H-pyrrole nitrogens is 1. The van der Waals surface area contributed by atoms with Crippen LogP contribution in [-0.2, 0) is 0 Å². The largest absolute Gasteiger partial charge is 0.493 e. The van der Waals surface area contributed by atoms with Gasteiger partial charge in [0.1, 0.15) is 0 Å². The summed E-state index contributed by atoms with van der Waals surface area (Å²) in [5.74, 6) is 1.81. The number of aromatic nitrogens is 2. The van der Waals surface area contributed by atoms with Gasteiger partial charge in [-0.2, -0.15) is 0 Å².